The molecule has 0 atom stereocenters. The Hall–Kier alpha value is -2.09. The first kappa shape index (κ1) is 12.0. The Kier molecular flexibility index (Phi) is 2.86. The van der Waals surface area contributed by atoms with Crippen molar-refractivity contribution in [3.8, 4) is 0 Å². The molecule has 8 heteroatoms. The van der Waals surface area contributed by atoms with Gasteiger partial charge in [0.05, 0.1) is 5.56 Å². The Morgan fingerprint density at radius 2 is 2.32 bits per heavy atom. The normalized spacial score (nSPS) is 14.5. The van der Waals surface area contributed by atoms with Crippen molar-refractivity contribution in [2.24, 2.45) is 0 Å². The molecule has 0 amide bonds. The van der Waals surface area contributed by atoms with Crippen LogP contribution in [0.2, 0.25) is 0 Å². The third-order valence-corrected chi connectivity index (χ3v) is 3.82. The summed E-state index contributed by atoms with van der Waals surface area (Å²) in [6.07, 6.45) is 4.79. The van der Waals surface area contributed by atoms with Crippen LogP contribution in [0.3, 0.4) is 0 Å². The van der Waals surface area contributed by atoms with E-state index in [-0.39, 0.29) is 17.3 Å². The molecule has 0 bridgehead atoms. The van der Waals surface area contributed by atoms with Crippen LogP contribution in [0.4, 0.5) is 0 Å². The molecule has 1 saturated carbocycles. The first-order chi connectivity index (χ1) is 9.16. The molecule has 1 aliphatic carbocycles. The fourth-order valence-electron chi connectivity index (χ4n) is 1.75. The second-order valence-electron chi connectivity index (χ2n) is 4.19. The highest BCUT2D eigenvalue weighted by molar-refractivity contribution is 7.99. The molecule has 7 nitrogen and oxygen atoms in total. The highest BCUT2D eigenvalue weighted by Gasteiger charge is 2.29. The number of nitrogens with one attached hydrogen (secondary N) is 1. The number of carboxylic acids is 1. The van der Waals surface area contributed by atoms with Gasteiger partial charge in [0.2, 0.25) is 0 Å². The minimum Gasteiger partial charge on any atom is -0.478 e. The maximum Gasteiger partial charge on any atom is 0.344 e. The van der Waals surface area contributed by atoms with Crippen molar-refractivity contribution in [3.63, 3.8) is 0 Å². The third kappa shape index (κ3) is 2.26. The maximum absolute atomic E-state index is 11.6. The van der Waals surface area contributed by atoms with Gasteiger partial charge in [-0.2, -0.15) is 0 Å². The molecule has 1 fully saturated rings. The molecule has 2 aromatic rings. The van der Waals surface area contributed by atoms with Crippen molar-refractivity contribution < 1.29 is 9.90 Å². The van der Waals surface area contributed by atoms with Gasteiger partial charge in [-0.05, 0) is 30.7 Å². The van der Waals surface area contributed by atoms with Crippen molar-refractivity contribution in [3.05, 3.63) is 34.5 Å². The van der Waals surface area contributed by atoms with E-state index in [1.165, 1.54) is 18.5 Å². The smallest absolute Gasteiger partial charge is 0.344 e. The Balaban J connectivity index is 1.98. The third-order valence-electron chi connectivity index (χ3n) is 2.80. The lowest BCUT2D eigenvalue weighted by molar-refractivity contribution is 0.0693. The van der Waals surface area contributed by atoms with Gasteiger partial charge >= 0.3 is 11.7 Å². The second-order valence-corrected chi connectivity index (χ2v) is 5.20. The molecule has 2 heterocycles. The van der Waals surface area contributed by atoms with Crippen LogP contribution in [0.25, 0.3) is 0 Å². The largest absolute Gasteiger partial charge is 0.478 e. The Bertz CT molecular complexity index is 689. The van der Waals surface area contributed by atoms with E-state index in [4.69, 9.17) is 5.11 Å². The summed E-state index contributed by atoms with van der Waals surface area (Å²) in [7, 11) is 0. The lowest BCUT2D eigenvalue weighted by atomic mass is 10.3. The number of carbonyl (C=O) groups is 1. The monoisotopic (exact) mass is 278 g/mol. The quantitative estimate of drug-likeness (QED) is 0.870. The molecule has 0 radical (unpaired) electrons. The number of hydrogen-bond acceptors (Lipinski definition) is 5. The van der Waals surface area contributed by atoms with Crippen LogP contribution >= 0.6 is 11.8 Å². The van der Waals surface area contributed by atoms with E-state index in [1.54, 1.807) is 4.57 Å². The van der Waals surface area contributed by atoms with Crippen LogP contribution in [-0.2, 0) is 0 Å². The average molecular weight is 278 g/mol. The standard InChI is InChI=1S/C11H10N4O3S/c16-9(17)7-3-4-12-5-8(7)19-11-14-13-10(18)15(11)6-1-2-6/h3-6H,1-2H2,(H,13,18)(H,16,17). The fraction of sp³-hybridized carbons (Fsp3) is 0.273. The number of nitrogens with zero attached hydrogens (tertiary/aromatic N) is 3. The van der Waals surface area contributed by atoms with E-state index in [9.17, 15) is 9.59 Å². The van der Waals surface area contributed by atoms with Crippen molar-refractivity contribution >= 4 is 17.7 Å². The second kappa shape index (κ2) is 4.54. The molecule has 19 heavy (non-hydrogen) atoms. The lowest BCUT2D eigenvalue weighted by Gasteiger charge is -2.05. The van der Waals surface area contributed by atoms with Gasteiger partial charge in [0.15, 0.2) is 5.16 Å². The molecule has 0 aliphatic heterocycles. The van der Waals surface area contributed by atoms with E-state index in [0.29, 0.717) is 10.1 Å². The zero-order valence-corrected chi connectivity index (χ0v) is 10.6. The number of rotatable bonds is 4. The Morgan fingerprint density at radius 3 is 3.00 bits per heavy atom. The first-order valence-corrected chi connectivity index (χ1v) is 6.50. The van der Waals surface area contributed by atoms with Crippen LogP contribution in [0.15, 0.2) is 33.3 Å². The van der Waals surface area contributed by atoms with Gasteiger partial charge in [0.25, 0.3) is 0 Å². The van der Waals surface area contributed by atoms with E-state index in [0.717, 1.165) is 24.6 Å². The minimum atomic E-state index is -1.03. The van der Waals surface area contributed by atoms with Gasteiger partial charge in [-0.1, -0.05) is 0 Å². The van der Waals surface area contributed by atoms with Crippen LogP contribution in [0, 0.1) is 0 Å². The van der Waals surface area contributed by atoms with Gasteiger partial charge in [-0.3, -0.25) is 9.55 Å². The zero-order valence-electron chi connectivity index (χ0n) is 9.74. The van der Waals surface area contributed by atoms with E-state index in [2.05, 4.69) is 15.2 Å². The number of hydrogen-bond donors (Lipinski definition) is 2. The molecule has 0 spiro atoms. The number of aromatic nitrogens is 4. The van der Waals surface area contributed by atoms with Gasteiger partial charge < -0.3 is 5.11 Å². The summed E-state index contributed by atoms with van der Waals surface area (Å²) in [6, 6.07) is 1.61. The van der Waals surface area contributed by atoms with Gasteiger partial charge in [0.1, 0.15) is 0 Å². The van der Waals surface area contributed by atoms with Crippen molar-refractivity contribution in [1.29, 1.82) is 0 Å². The van der Waals surface area contributed by atoms with E-state index >= 15 is 0 Å². The van der Waals surface area contributed by atoms with Gasteiger partial charge in [-0.15, -0.1) is 5.10 Å². The van der Waals surface area contributed by atoms with Gasteiger partial charge in [0, 0.05) is 23.3 Å². The molecule has 98 valence electrons. The predicted octanol–water partition coefficient (Wildman–Crippen LogP) is 1.15. The Labute approximate surface area is 111 Å². The Morgan fingerprint density at radius 1 is 1.53 bits per heavy atom. The minimum absolute atomic E-state index is 0.151. The molecule has 2 aromatic heterocycles. The molecule has 0 aromatic carbocycles. The lowest BCUT2D eigenvalue weighted by Crippen LogP contribution is -2.16. The van der Waals surface area contributed by atoms with Crippen molar-refractivity contribution in [1.82, 2.24) is 19.7 Å². The maximum atomic E-state index is 11.6. The molecule has 1 aliphatic rings. The number of carboxylic acid groups (broad SMARTS) is 1. The molecule has 0 saturated heterocycles. The summed E-state index contributed by atoms with van der Waals surface area (Å²) in [6.45, 7) is 0. The topological polar surface area (TPSA) is 101 Å². The SMILES string of the molecule is O=C(O)c1ccncc1Sc1n[nH]c(=O)n1C1CC1. The van der Waals surface area contributed by atoms with Gasteiger partial charge in [-0.25, -0.2) is 14.7 Å². The molecule has 0 unspecified atom stereocenters. The van der Waals surface area contributed by atoms with Crippen LogP contribution in [-0.4, -0.2) is 30.8 Å². The molecule has 2 N–H and O–H groups in total. The number of H-pyrrole nitrogens is 1. The highest BCUT2D eigenvalue weighted by Crippen LogP contribution is 2.38. The first-order valence-electron chi connectivity index (χ1n) is 5.69. The summed E-state index contributed by atoms with van der Waals surface area (Å²) < 4.78 is 1.57. The van der Waals surface area contributed by atoms with Crippen LogP contribution in [0.5, 0.6) is 0 Å². The number of aromatic carboxylic acids is 1. The highest BCUT2D eigenvalue weighted by atomic mass is 32.2. The van der Waals surface area contributed by atoms with E-state index < -0.39 is 5.97 Å². The predicted molar refractivity (Wildman–Crippen MR) is 66.4 cm³/mol. The van der Waals surface area contributed by atoms with Crippen LogP contribution in [0.1, 0.15) is 29.2 Å². The molecule has 3 rings (SSSR count). The van der Waals surface area contributed by atoms with Crippen molar-refractivity contribution in [2.45, 2.75) is 28.9 Å². The summed E-state index contributed by atoms with van der Waals surface area (Å²) in [5.41, 5.74) is -0.108. The zero-order chi connectivity index (χ0) is 13.4. The summed E-state index contributed by atoms with van der Waals surface area (Å²) in [4.78, 5) is 27.1. The number of aromatic amines is 1. The average Bonchev–Trinajstić information content (AvgIpc) is 3.15. The van der Waals surface area contributed by atoms with Crippen molar-refractivity contribution in [2.75, 3.05) is 0 Å². The molecular weight excluding hydrogens is 268 g/mol. The summed E-state index contributed by atoms with van der Waals surface area (Å²) in [5.74, 6) is -1.03. The number of pyridine rings is 1. The fourth-order valence-corrected chi connectivity index (χ4v) is 2.75. The summed E-state index contributed by atoms with van der Waals surface area (Å²) >= 11 is 1.14. The molecular formula is C11H10N4O3S. The van der Waals surface area contributed by atoms with E-state index in [1.807, 2.05) is 0 Å². The summed E-state index contributed by atoms with van der Waals surface area (Å²) in [5, 5.41) is 15.9. The van der Waals surface area contributed by atoms with Crippen LogP contribution < -0.4 is 5.69 Å².